The summed E-state index contributed by atoms with van der Waals surface area (Å²) >= 11 is 0. The molecule has 0 spiro atoms. The lowest BCUT2D eigenvalue weighted by molar-refractivity contribution is -0.130. The molecule has 0 aliphatic carbocycles. The number of hydrogen-bond donors (Lipinski definition) is 2. The van der Waals surface area contributed by atoms with Crippen molar-refractivity contribution in [2.75, 3.05) is 26.8 Å². The number of nitrogens with one attached hydrogen (secondary N) is 1. The van der Waals surface area contributed by atoms with Gasteiger partial charge in [-0.25, -0.2) is 0 Å². The Balaban J connectivity index is 2.26. The van der Waals surface area contributed by atoms with E-state index in [0.29, 0.717) is 12.5 Å². The van der Waals surface area contributed by atoms with Crippen molar-refractivity contribution in [3.05, 3.63) is 0 Å². The fourth-order valence-electron chi connectivity index (χ4n) is 1.70. The molecule has 0 saturated carbocycles. The highest BCUT2D eigenvalue weighted by molar-refractivity contribution is 5.80. The topological polar surface area (TPSA) is 73.6 Å². The molecule has 15 heavy (non-hydrogen) atoms. The molecule has 0 aromatic heterocycles. The first-order valence-corrected chi connectivity index (χ1v) is 5.31. The smallest absolute Gasteiger partial charge is 0.250 e. The van der Waals surface area contributed by atoms with E-state index in [1.807, 2.05) is 6.92 Å². The third-order valence-corrected chi connectivity index (χ3v) is 2.86. The number of methoxy groups -OCH3 is 1. The number of rotatable bonds is 5. The molecule has 1 rings (SSSR count). The molecule has 1 fully saturated rings. The lowest BCUT2D eigenvalue weighted by Gasteiger charge is -2.17. The van der Waals surface area contributed by atoms with Gasteiger partial charge in [0.25, 0.3) is 0 Å². The fraction of sp³-hybridized carbons (Fsp3) is 0.900. The third kappa shape index (κ3) is 3.44. The van der Waals surface area contributed by atoms with E-state index in [9.17, 15) is 4.79 Å². The van der Waals surface area contributed by atoms with E-state index >= 15 is 0 Å². The second-order valence-corrected chi connectivity index (χ2v) is 3.83. The van der Waals surface area contributed by atoms with Crippen LogP contribution >= 0.6 is 0 Å². The summed E-state index contributed by atoms with van der Waals surface area (Å²) in [7, 11) is 1.48. The summed E-state index contributed by atoms with van der Waals surface area (Å²) in [5.41, 5.74) is 5.38. The van der Waals surface area contributed by atoms with Crippen molar-refractivity contribution in [2.45, 2.75) is 25.6 Å². The van der Waals surface area contributed by atoms with Crippen LogP contribution in [0.5, 0.6) is 0 Å². The maximum absolute atomic E-state index is 11.5. The lowest BCUT2D eigenvalue weighted by atomic mass is 10.0. The lowest BCUT2D eigenvalue weighted by Crippen LogP contribution is -2.43. The van der Waals surface area contributed by atoms with E-state index < -0.39 is 6.10 Å². The number of amides is 1. The molecule has 3 atom stereocenters. The van der Waals surface area contributed by atoms with Crippen LogP contribution in [0.25, 0.3) is 0 Å². The summed E-state index contributed by atoms with van der Waals surface area (Å²) in [5, 5.41) is 2.83. The molecule has 5 nitrogen and oxygen atoms in total. The maximum Gasteiger partial charge on any atom is 0.250 e. The van der Waals surface area contributed by atoms with Gasteiger partial charge in [0.1, 0.15) is 6.10 Å². The van der Waals surface area contributed by atoms with Gasteiger partial charge in [-0.15, -0.1) is 0 Å². The Kier molecular flexibility index (Phi) is 5.01. The molecule has 3 unspecified atom stereocenters. The Hall–Kier alpha value is -0.650. The predicted molar refractivity (Wildman–Crippen MR) is 56.4 cm³/mol. The van der Waals surface area contributed by atoms with Crippen LogP contribution in [0.15, 0.2) is 0 Å². The average molecular weight is 216 g/mol. The molecule has 1 heterocycles. The summed E-state index contributed by atoms with van der Waals surface area (Å²) in [6.07, 6.45) is 0.689. The van der Waals surface area contributed by atoms with E-state index in [0.717, 1.165) is 13.0 Å². The van der Waals surface area contributed by atoms with Crippen LogP contribution in [0.4, 0.5) is 0 Å². The molecular formula is C10H20N2O3. The molecule has 0 radical (unpaired) electrons. The first kappa shape index (κ1) is 12.4. The van der Waals surface area contributed by atoms with Crippen LogP contribution < -0.4 is 11.1 Å². The van der Waals surface area contributed by atoms with Gasteiger partial charge in [-0.05, 0) is 13.3 Å². The molecule has 1 saturated heterocycles. The number of carbonyl (C=O) groups is 1. The highest BCUT2D eigenvalue weighted by atomic mass is 16.5. The summed E-state index contributed by atoms with van der Waals surface area (Å²) in [6.45, 7) is 3.66. The Morgan fingerprint density at radius 3 is 2.93 bits per heavy atom. The van der Waals surface area contributed by atoms with Crippen LogP contribution in [-0.4, -0.2) is 44.9 Å². The largest absolute Gasteiger partial charge is 0.378 e. The summed E-state index contributed by atoms with van der Waals surface area (Å²) in [6, 6.07) is 0. The van der Waals surface area contributed by atoms with Crippen molar-refractivity contribution in [2.24, 2.45) is 11.7 Å². The van der Waals surface area contributed by atoms with Crippen LogP contribution in [0.2, 0.25) is 0 Å². The standard InChI is InChI=1S/C10H20N2O3/c1-7-8(3-4-15-7)6-12-10(13)9(5-11)14-2/h7-9H,3-6,11H2,1-2H3,(H,12,13). The Morgan fingerprint density at radius 1 is 1.73 bits per heavy atom. The van der Waals surface area contributed by atoms with Crippen LogP contribution in [0.3, 0.4) is 0 Å². The molecule has 3 N–H and O–H groups in total. The van der Waals surface area contributed by atoms with Gasteiger partial charge < -0.3 is 20.5 Å². The molecule has 5 heteroatoms. The SMILES string of the molecule is COC(CN)C(=O)NCC1CCOC1C. The Morgan fingerprint density at radius 2 is 2.47 bits per heavy atom. The molecule has 88 valence electrons. The maximum atomic E-state index is 11.5. The Labute approximate surface area is 90.3 Å². The van der Waals surface area contributed by atoms with Gasteiger partial charge in [-0.1, -0.05) is 0 Å². The van der Waals surface area contributed by atoms with Crippen molar-refractivity contribution < 1.29 is 14.3 Å². The van der Waals surface area contributed by atoms with Gasteiger partial charge in [0.15, 0.2) is 0 Å². The molecule has 1 aliphatic rings. The van der Waals surface area contributed by atoms with Gasteiger partial charge in [0.2, 0.25) is 5.91 Å². The van der Waals surface area contributed by atoms with Crippen molar-refractivity contribution in [3.63, 3.8) is 0 Å². The average Bonchev–Trinajstić information content (AvgIpc) is 2.63. The third-order valence-electron chi connectivity index (χ3n) is 2.86. The minimum absolute atomic E-state index is 0.140. The van der Waals surface area contributed by atoms with Gasteiger partial charge in [-0.3, -0.25) is 4.79 Å². The van der Waals surface area contributed by atoms with Gasteiger partial charge >= 0.3 is 0 Å². The first-order valence-electron chi connectivity index (χ1n) is 5.31. The van der Waals surface area contributed by atoms with E-state index in [1.54, 1.807) is 0 Å². The highest BCUT2D eigenvalue weighted by Gasteiger charge is 2.25. The van der Waals surface area contributed by atoms with Crippen LogP contribution in [-0.2, 0) is 14.3 Å². The second kappa shape index (κ2) is 6.05. The van der Waals surface area contributed by atoms with E-state index in [1.165, 1.54) is 7.11 Å². The second-order valence-electron chi connectivity index (χ2n) is 3.83. The molecular weight excluding hydrogens is 196 g/mol. The van der Waals surface area contributed by atoms with Crippen molar-refractivity contribution in [1.29, 1.82) is 0 Å². The van der Waals surface area contributed by atoms with E-state index in [4.69, 9.17) is 15.2 Å². The highest BCUT2D eigenvalue weighted by Crippen LogP contribution is 2.19. The molecule has 1 aliphatic heterocycles. The van der Waals surface area contributed by atoms with Crippen molar-refractivity contribution in [1.82, 2.24) is 5.32 Å². The molecule has 0 aromatic carbocycles. The number of ether oxygens (including phenoxy) is 2. The normalized spacial score (nSPS) is 27.7. The quantitative estimate of drug-likeness (QED) is 0.650. The Bertz CT molecular complexity index is 207. The minimum atomic E-state index is -0.539. The molecule has 1 amide bonds. The van der Waals surface area contributed by atoms with Crippen molar-refractivity contribution in [3.8, 4) is 0 Å². The van der Waals surface area contributed by atoms with E-state index in [-0.39, 0.29) is 18.6 Å². The van der Waals surface area contributed by atoms with Crippen LogP contribution in [0, 0.1) is 5.92 Å². The monoisotopic (exact) mass is 216 g/mol. The van der Waals surface area contributed by atoms with Crippen LogP contribution in [0.1, 0.15) is 13.3 Å². The number of hydrogen-bond acceptors (Lipinski definition) is 4. The molecule has 0 bridgehead atoms. The van der Waals surface area contributed by atoms with E-state index in [2.05, 4.69) is 5.32 Å². The number of carbonyl (C=O) groups excluding carboxylic acids is 1. The fourth-order valence-corrected chi connectivity index (χ4v) is 1.70. The van der Waals surface area contributed by atoms with Gasteiger partial charge in [-0.2, -0.15) is 0 Å². The zero-order valence-corrected chi connectivity index (χ0v) is 9.36. The molecule has 0 aromatic rings. The minimum Gasteiger partial charge on any atom is -0.378 e. The zero-order valence-electron chi connectivity index (χ0n) is 9.36. The zero-order chi connectivity index (χ0) is 11.3. The first-order chi connectivity index (χ1) is 7.19. The summed E-state index contributed by atoms with van der Waals surface area (Å²) in [4.78, 5) is 11.5. The van der Waals surface area contributed by atoms with Gasteiger partial charge in [0.05, 0.1) is 6.10 Å². The summed E-state index contributed by atoms with van der Waals surface area (Å²) in [5.74, 6) is 0.267. The predicted octanol–water partition coefficient (Wildman–Crippen LogP) is -0.499. The van der Waals surface area contributed by atoms with Crippen molar-refractivity contribution >= 4 is 5.91 Å². The number of nitrogens with two attached hydrogens (primary N) is 1. The van der Waals surface area contributed by atoms with Gasteiger partial charge in [0, 0.05) is 32.7 Å². The summed E-state index contributed by atoms with van der Waals surface area (Å²) < 4.78 is 10.3.